The number of aliphatic hydroxyl groups excluding tert-OH is 2. The molecule has 0 bridgehead atoms. The Morgan fingerprint density at radius 1 is 0.610 bits per heavy atom. The van der Waals surface area contributed by atoms with Crippen LogP contribution in [-0.2, 0) is 19.1 Å². The van der Waals surface area contributed by atoms with Gasteiger partial charge in [-0.2, -0.15) is 0 Å². The summed E-state index contributed by atoms with van der Waals surface area (Å²) in [6, 6.07) is 0. The van der Waals surface area contributed by atoms with Crippen LogP contribution in [0.25, 0.3) is 0 Å². The van der Waals surface area contributed by atoms with Crippen molar-refractivity contribution in [2.45, 2.75) is 135 Å². The number of hydrogen-bond acceptors (Lipinski definition) is 6. The Labute approximate surface area is 250 Å². The summed E-state index contributed by atoms with van der Waals surface area (Å²) in [6.07, 6.45) is 34.5. The van der Waals surface area contributed by atoms with E-state index < -0.39 is 18.2 Å². The van der Waals surface area contributed by atoms with Gasteiger partial charge in [0.2, 0.25) is 0 Å². The van der Waals surface area contributed by atoms with E-state index in [0.717, 1.165) is 44.9 Å². The average molecular weight is 575 g/mol. The van der Waals surface area contributed by atoms with Crippen molar-refractivity contribution >= 4 is 11.9 Å². The highest BCUT2D eigenvalue weighted by Gasteiger charge is 2.12. The number of allylic oxidation sites excluding steroid dienone is 9. The monoisotopic (exact) mass is 574 g/mol. The fourth-order valence-electron chi connectivity index (χ4n) is 3.94. The SMILES string of the molecule is CC/C=C\C/C=C\C/C=C\C/C=C\C=C\C(O)CCCC(=O)OC[C@@H](O)COC(=O)CCCCCCCCCCC. The van der Waals surface area contributed by atoms with Crippen LogP contribution < -0.4 is 0 Å². The van der Waals surface area contributed by atoms with Gasteiger partial charge in [0.25, 0.3) is 0 Å². The van der Waals surface area contributed by atoms with Crippen molar-refractivity contribution in [3.8, 4) is 0 Å². The summed E-state index contributed by atoms with van der Waals surface area (Å²) in [7, 11) is 0. The molecule has 6 nitrogen and oxygen atoms in total. The van der Waals surface area contributed by atoms with E-state index in [1.165, 1.54) is 38.5 Å². The van der Waals surface area contributed by atoms with Crippen LogP contribution in [0, 0.1) is 0 Å². The topological polar surface area (TPSA) is 93.1 Å². The third-order valence-electron chi connectivity index (χ3n) is 6.37. The number of carbonyl (C=O) groups excluding carboxylic acids is 2. The van der Waals surface area contributed by atoms with E-state index in [-0.39, 0.29) is 25.6 Å². The second-order valence-electron chi connectivity index (χ2n) is 10.4. The fourth-order valence-corrected chi connectivity index (χ4v) is 3.94. The molecule has 0 amide bonds. The maximum absolute atomic E-state index is 11.9. The van der Waals surface area contributed by atoms with Crippen molar-refractivity contribution in [3.05, 3.63) is 60.8 Å². The molecular formula is C35H58O6. The van der Waals surface area contributed by atoms with E-state index >= 15 is 0 Å². The van der Waals surface area contributed by atoms with Crippen LogP contribution in [0.2, 0.25) is 0 Å². The van der Waals surface area contributed by atoms with Gasteiger partial charge in [0.1, 0.15) is 19.3 Å². The minimum absolute atomic E-state index is 0.153. The second kappa shape index (κ2) is 30.5. The van der Waals surface area contributed by atoms with Gasteiger partial charge in [-0.25, -0.2) is 0 Å². The summed E-state index contributed by atoms with van der Waals surface area (Å²) >= 11 is 0. The van der Waals surface area contributed by atoms with Gasteiger partial charge in [-0.1, -0.05) is 126 Å². The molecule has 0 aliphatic carbocycles. The zero-order valence-electron chi connectivity index (χ0n) is 25.9. The maximum atomic E-state index is 11.9. The van der Waals surface area contributed by atoms with E-state index in [2.05, 4.69) is 50.3 Å². The normalized spacial score (nSPS) is 13.8. The smallest absolute Gasteiger partial charge is 0.305 e. The molecule has 0 aromatic heterocycles. The van der Waals surface area contributed by atoms with Crippen LogP contribution in [0.1, 0.15) is 123 Å². The highest BCUT2D eigenvalue weighted by molar-refractivity contribution is 5.69. The predicted octanol–water partition coefficient (Wildman–Crippen LogP) is 8.25. The molecule has 6 heteroatoms. The first kappa shape index (κ1) is 38.6. The molecule has 0 rings (SSSR count). The van der Waals surface area contributed by atoms with Gasteiger partial charge in [-0.3, -0.25) is 9.59 Å². The lowest BCUT2D eigenvalue weighted by Crippen LogP contribution is -2.25. The Kier molecular flexibility index (Phi) is 28.7. The van der Waals surface area contributed by atoms with Crippen LogP contribution in [0.3, 0.4) is 0 Å². The fraction of sp³-hybridized carbons (Fsp3) is 0.657. The molecule has 0 aromatic rings. The molecule has 2 atom stereocenters. The summed E-state index contributed by atoms with van der Waals surface area (Å²) in [5.74, 6) is -0.772. The number of ether oxygens (including phenoxy) is 2. The Morgan fingerprint density at radius 3 is 1.66 bits per heavy atom. The van der Waals surface area contributed by atoms with E-state index in [1.54, 1.807) is 6.08 Å². The van der Waals surface area contributed by atoms with Crippen LogP contribution in [-0.4, -0.2) is 47.6 Å². The molecule has 0 saturated heterocycles. The molecule has 0 heterocycles. The molecule has 1 unspecified atom stereocenters. The van der Waals surface area contributed by atoms with Crippen molar-refractivity contribution < 1.29 is 29.3 Å². The standard InChI is InChI=1S/C35H58O6/c1-3-5-7-9-11-13-14-15-16-18-19-21-23-26-32(36)27-25-29-35(39)41-31-33(37)30-40-34(38)28-24-22-20-17-12-10-8-6-4-2/h5,7,11,13,15-16,19,21,23,26,32-33,36-37H,3-4,6,8-10,12,14,17-18,20,22,24-25,27-31H2,1-2H3/b7-5-,13-11-,16-15-,21-19-,26-23+/t32?,33-/m0/s1. The molecule has 0 radical (unpaired) electrons. The zero-order chi connectivity index (χ0) is 30.2. The first-order chi connectivity index (χ1) is 20.0. The molecule has 234 valence electrons. The summed E-state index contributed by atoms with van der Waals surface area (Å²) in [4.78, 5) is 23.7. The van der Waals surface area contributed by atoms with Crippen LogP contribution in [0.5, 0.6) is 0 Å². The van der Waals surface area contributed by atoms with Crippen LogP contribution in [0.15, 0.2) is 60.8 Å². The van der Waals surface area contributed by atoms with Crippen molar-refractivity contribution in [3.63, 3.8) is 0 Å². The van der Waals surface area contributed by atoms with E-state index in [4.69, 9.17) is 9.47 Å². The first-order valence-corrected chi connectivity index (χ1v) is 15.9. The predicted molar refractivity (Wildman–Crippen MR) is 169 cm³/mol. The third-order valence-corrected chi connectivity index (χ3v) is 6.37. The Bertz CT molecular complexity index is 765. The number of unbranched alkanes of at least 4 members (excludes halogenated alkanes) is 8. The number of aliphatic hydroxyl groups is 2. The van der Waals surface area contributed by atoms with E-state index in [1.807, 2.05) is 18.2 Å². The Balaban J connectivity index is 3.73. The largest absolute Gasteiger partial charge is 0.463 e. The molecule has 0 aromatic carbocycles. The van der Waals surface area contributed by atoms with Crippen molar-refractivity contribution in [1.29, 1.82) is 0 Å². The van der Waals surface area contributed by atoms with Gasteiger partial charge in [0.15, 0.2) is 0 Å². The van der Waals surface area contributed by atoms with Crippen LogP contribution in [0.4, 0.5) is 0 Å². The molecule has 41 heavy (non-hydrogen) atoms. The average Bonchev–Trinajstić information content (AvgIpc) is 2.96. The molecule has 0 aliphatic rings. The molecule has 0 aliphatic heterocycles. The van der Waals surface area contributed by atoms with Gasteiger partial charge in [0.05, 0.1) is 6.10 Å². The Hall–Kier alpha value is -2.44. The summed E-state index contributed by atoms with van der Waals surface area (Å²) < 4.78 is 10.1. The molecule has 2 N–H and O–H groups in total. The quantitative estimate of drug-likeness (QED) is 0.0444. The minimum atomic E-state index is -1.04. The first-order valence-electron chi connectivity index (χ1n) is 15.9. The van der Waals surface area contributed by atoms with Gasteiger partial charge in [-0.15, -0.1) is 0 Å². The van der Waals surface area contributed by atoms with Gasteiger partial charge in [0, 0.05) is 12.8 Å². The van der Waals surface area contributed by atoms with Crippen LogP contribution >= 0.6 is 0 Å². The summed E-state index contributed by atoms with van der Waals surface area (Å²) in [5.41, 5.74) is 0. The molecule has 0 spiro atoms. The lowest BCUT2D eigenvalue weighted by Gasteiger charge is -2.12. The number of esters is 2. The molecular weight excluding hydrogens is 516 g/mol. The van der Waals surface area contributed by atoms with Gasteiger partial charge >= 0.3 is 11.9 Å². The van der Waals surface area contributed by atoms with E-state index in [9.17, 15) is 19.8 Å². The van der Waals surface area contributed by atoms with E-state index in [0.29, 0.717) is 19.3 Å². The second-order valence-corrected chi connectivity index (χ2v) is 10.4. The number of carbonyl (C=O) groups is 2. The summed E-state index contributed by atoms with van der Waals surface area (Å²) in [6.45, 7) is 3.96. The van der Waals surface area contributed by atoms with Crippen molar-refractivity contribution in [2.24, 2.45) is 0 Å². The lowest BCUT2D eigenvalue weighted by molar-refractivity contribution is -0.152. The van der Waals surface area contributed by atoms with Crippen molar-refractivity contribution in [2.75, 3.05) is 13.2 Å². The van der Waals surface area contributed by atoms with Gasteiger partial charge in [-0.05, 0) is 44.9 Å². The number of hydrogen-bond donors (Lipinski definition) is 2. The third kappa shape index (κ3) is 30.3. The zero-order valence-corrected chi connectivity index (χ0v) is 25.9. The highest BCUT2D eigenvalue weighted by atomic mass is 16.6. The number of rotatable bonds is 27. The van der Waals surface area contributed by atoms with Crippen molar-refractivity contribution in [1.82, 2.24) is 0 Å². The summed E-state index contributed by atoms with van der Waals surface area (Å²) in [5, 5.41) is 20.0. The molecule has 0 saturated carbocycles. The van der Waals surface area contributed by atoms with Gasteiger partial charge < -0.3 is 19.7 Å². The maximum Gasteiger partial charge on any atom is 0.305 e. The lowest BCUT2D eigenvalue weighted by atomic mass is 10.1. The highest BCUT2D eigenvalue weighted by Crippen LogP contribution is 2.11. The molecule has 0 fully saturated rings. The Morgan fingerprint density at radius 2 is 1.10 bits per heavy atom. The minimum Gasteiger partial charge on any atom is -0.463 e.